The molecule has 1 aromatic carbocycles. The van der Waals surface area contributed by atoms with Gasteiger partial charge >= 0.3 is 0 Å². The number of fused-ring (bicyclic) bond motifs is 1. The Morgan fingerprint density at radius 1 is 1.03 bits per heavy atom. The zero-order valence-corrected chi connectivity index (χ0v) is 20.2. The highest BCUT2D eigenvalue weighted by atomic mass is 19.3. The van der Waals surface area contributed by atoms with Gasteiger partial charge in [-0.25, -0.2) is 18.3 Å². The number of nitrogens with zero attached hydrogens (tertiary/aromatic N) is 5. The van der Waals surface area contributed by atoms with E-state index in [1.54, 1.807) is 22.8 Å². The van der Waals surface area contributed by atoms with Crippen molar-refractivity contribution in [3.63, 3.8) is 0 Å². The zero-order chi connectivity index (χ0) is 25.4. The van der Waals surface area contributed by atoms with Gasteiger partial charge in [0.05, 0.1) is 17.6 Å². The van der Waals surface area contributed by atoms with Gasteiger partial charge in [-0.2, -0.15) is 4.98 Å². The Morgan fingerprint density at radius 2 is 1.81 bits per heavy atom. The molecule has 37 heavy (non-hydrogen) atoms. The summed E-state index contributed by atoms with van der Waals surface area (Å²) in [6.07, 6.45) is 3.49. The number of benzene rings is 1. The van der Waals surface area contributed by atoms with Crippen molar-refractivity contribution >= 4 is 23.2 Å². The van der Waals surface area contributed by atoms with E-state index in [0.717, 1.165) is 29.7 Å². The molecule has 1 aliphatic heterocycles. The van der Waals surface area contributed by atoms with E-state index in [1.165, 1.54) is 0 Å². The normalized spacial score (nSPS) is 17.6. The summed E-state index contributed by atoms with van der Waals surface area (Å²) >= 11 is 0. The van der Waals surface area contributed by atoms with Crippen LogP contribution in [-0.4, -0.2) is 55.4 Å². The molecule has 1 saturated carbocycles. The molecule has 1 amide bonds. The Morgan fingerprint density at radius 3 is 2.51 bits per heavy atom. The molecule has 1 aliphatic carbocycles. The van der Waals surface area contributed by atoms with Gasteiger partial charge in [-0.15, -0.1) is 5.10 Å². The molecule has 0 atom stereocenters. The van der Waals surface area contributed by atoms with Crippen LogP contribution in [-0.2, 0) is 6.54 Å². The average Bonchev–Trinajstić information content (AvgIpc) is 3.61. The average molecular weight is 504 g/mol. The molecular formula is C27H27F2N7O. The summed E-state index contributed by atoms with van der Waals surface area (Å²) in [5.74, 6) is -2.27. The third kappa shape index (κ3) is 5.43. The van der Waals surface area contributed by atoms with Crippen LogP contribution in [0, 0.1) is 0 Å². The highest BCUT2D eigenvalue weighted by Gasteiger charge is 2.33. The quantitative estimate of drug-likeness (QED) is 0.382. The van der Waals surface area contributed by atoms with Gasteiger partial charge in [0, 0.05) is 44.1 Å². The fourth-order valence-corrected chi connectivity index (χ4v) is 4.47. The van der Waals surface area contributed by atoms with Crippen LogP contribution in [0.15, 0.2) is 60.8 Å². The second-order valence-corrected chi connectivity index (χ2v) is 9.75. The maximum Gasteiger partial charge on any atom is 0.270 e. The van der Waals surface area contributed by atoms with Crippen molar-refractivity contribution in [2.75, 3.05) is 18.4 Å². The van der Waals surface area contributed by atoms with E-state index < -0.39 is 5.92 Å². The van der Waals surface area contributed by atoms with Gasteiger partial charge in [-0.1, -0.05) is 30.3 Å². The summed E-state index contributed by atoms with van der Waals surface area (Å²) in [6, 6.07) is 17.6. The van der Waals surface area contributed by atoms with Crippen LogP contribution in [0.25, 0.3) is 16.9 Å². The number of nitrogens with one attached hydrogen (secondary N) is 2. The number of likely N-dealkylation sites (tertiary alicyclic amines) is 1. The number of hydrogen-bond acceptors (Lipinski definition) is 6. The molecule has 2 N–H and O–H groups in total. The number of anilines is 2. The fourth-order valence-electron chi connectivity index (χ4n) is 4.47. The summed E-state index contributed by atoms with van der Waals surface area (Å²) in [5.41, 5.74) is 4.69. The smallest absolute Gasteiger partial charge is 0.270 e. The van der Waals surface area contributed by atoms with Gasteiger partial charge in [0.1, 0.15) is 5.69 Å². The van der Waals surface area contributed by atoms with E-state index >= 15 is 0 Å². The first-order valence-corrected chi connectivity index (χ1v) is 12.5. The lowest BCUT2D eigenvalue weighted by atomic mass is 10.0. The van der Waals surface area contributed by atoms with Gasteiger partial charge in [-0.05, 0) is 42.7 Å². The minimum atomic E-state index is -2.53. The van der Waals surface area contributed by atoms with Crippen molar-refractivity contribution in [1.82, 2.24) is 29.8 Å². The Kier molecular flexibility index (Phi) is 6.03. The van der Waals surface area contributed by atoms with Crippen molar-refractivity contribution in [3.05, 3.63) is 72.1 Å². The Bertz CT molecular complexity index is 1410. The fraction of sp³-hybridized carbons (Fsp3) is 0.333. The van der Waals surface area contributed by atoms with Crippen LogP contribution in [0.1, 0.15) is 41.7 Å². The lowest BCUT2D eigenvalue weighted by Crippen LogP contribution is -2.38. The third-order valence-corrected chi connectivity index (χ3v) is 6.77. The molecule has 3 aromatic heterocycles. The van der Waals surface area contributed by atoms with Crippen LogP contribution < -0.4 is 10.6 Å². The number of piperidine rings is 1. The Hall–Kier alpha value is -3.92. The number of amides is 1. The van der Waals surface area contributed by atoms with Crippen molar-refractivity contribution in [2.45, 2.75) is 44.2 Å². The number of pyridine rings is 2. The standard InChI is InChI=1S/C27H27F2N7O/c28-27(29)12-14-35(15-13-27)17-18-4-6-19(7-5-18)23-2-1-3-24-33-26(34-36(23)24)32-21-10-11-22(30-16-21)25(37)31-20-8-9-20/h1-7,10-11,16,20H,8-9,12-15,17H2,(H,31,37)(H,32,34). The first-order valence-electron chi connectivity index (χ1n) is 12.5. The van der Waals surface area contributed by atoms with E-state index in [4.69, 9.17) is 0 Å². The first kappa shape index (κ1) is 23.5. The maximum atomic E-state index is 13.4. The molecule has 0 bridgehead atoms. The number of carbonyl (C=O) groups is 1. The van der Waals surface area contributed by atoms with Gasteiger partial charge in [-0.3, -0.25) is 9.69 Å². The summed E-state index contributed by atoms with van der Waals surface area (Å²) < 4.78 is 28.6. The van der Waals surface area contributed by atoms with Crippen LogP contribution >= 0.6 is 0 Å². The SMILES string of the molecule is O=C(NC1CC1)c1ccc(Nc2nc3cccc(-c4ccc(CN5CCC(F)(F)CC5)cc4)n3n2)cn1. The minimum Gasteiger partial charge on any atom is -0.348 e. The molecule has 4 heterocycles. The molecule has 190 valence electrons. The first-order chi connectivity index (χ1) is 17.9. The molecule has 0 radical (unpaired) electrons. The number of hydrogen-bond donors (Lipinski definition) is 2. The van der Waals surface area contributed by atoms with E-state index in [0.29, 0.717) is 42.6 Å². The van der Waals surface area contributed by atoms with E-state index in [2.05, 4.69) is 30.6 Å². The van der Waals surface area contributed by atoms with Crippen molar-refractivity contribution in [1.29, 1.82) is 0 Å². The van der Waals surface area contributed by atoms with E-state index in [-0.39, 0.29) is 24.8 Å². The Labute approximate surface area is 212 Å². The second-order valence-electron chi connectivity index (χ2n) is 9.75. The number of halogens is 2. The van der Waals surface area contributed by atoms with E-state index in [9.17, 15) is 13.6 Å². The number of rotatable bonds is 7. The number of aromatic nitrogens is 4. The molecular weight excluding hydrogens is 476 g/mol. The van der Waals surface area contributed by atoms with Gasteiger partial charge < -0.3 is 10.6 Å². The highest BCUT2D eigenvalue weighted by Crippen LogP contribution is 2.29. The van der Waals surface area contributed by atoms with Gasteiger partial charge in [0.25, 0.3) is 11.8 Å². The molecule has 2 fully saturated rings. The van der Waals surface area contributed by atoms with Gasteiger partial charge in [0.2, 0.25) is 5.95 Å². The molecule has 8 nitrogen and oxygen atoms in total. The van der Waals surface area contributed by atoms with Gasteiger partial charge in [0.15, 0.2) is 5.65 Å². The monoisotopic (exact) mass is 503 g/mol. The lowest BCUT2D eigenvalue weighted by molar-refractivity contribution is -0.0566. The molecule has 6 rings (SSSR count). The number of carbonyl (C=O) groups excluding carboxylic acids is 1. The summed E-state index contributed by atoms with van der Waals surface area (Å²) in [7, 11) is 0. The van der Waals surface area contributed by atoms with Crippen LogP contribution in [0.3, 0.4) is 0 Å². The van der Waals surface area contributed by atoms with Crippen LogP contribution in [0.5, 0.6) is 0 Å². The Balaban J connectivity index is 1.15. The minimum absolute atomic E-state index is 0.0777. The van der Waals surface area contributed by atoms with E-state index in [1.807, 2.05) is 42.5 Å². The largest absolute Gasteiger partial charge is 0.348 e. The van der Waals surface area contributed by atoms with Crippen molar-refractivity contribution in [2.24, 2.45) is 0 Å². The highest BCUT2D eigenvalue weighted by molar-refractivity contribution is 5.92. The predicted octanol–water partition coefficient (Wildman–Crippen LogP) is 4.66. The van der Waals surface area contributed by atoms with Crippen LogP contribution in [0.4, 0.5) is 20.4 Å². The molecule has 0 spiro atoms. The summed E-state index contributed by atoms with van der Waals surface area (Å²) in [6.45, 7) is 1.48. The molecule has 1 saturated heterocycles. The van der Waals surface area contributed by atoms with Crippen molar-refractivity contribution < 1.29 is 13.6 Å². The van der Waals surface area contributed by atoms with Crippen LogP contribution in [0.2, 0.25) is 0 Å². The summed E-state index contributed by atoms with van der Waals surface area (Å²) in [4.78, 5) is 23.0. The molecule has 4 aromatic rings. The molecule has 10 heteroatoms. The molecule has 2 aliphatic rings. The third-order valence-electron chi connectivity index (χ3n) is 6.77. The second kappa shape index (κ2) is 9.51. The molecule has 0 unspecified atom stereocenters. The maximum absolute atomic E-state index is 13.4. The predicted molar refractivity (Wildman–Crippen MR) is 136 cm³/mol. The van der Waals surface area contributed by atoms with Crippen molar-refractivity contribution in [3.8, 4) is 11.3 Å². The summed E-state index contributed by atoms with van der Waals surface area (Å²) in [5, 5.41) is 10.7. The lowest BCUT2D eigenvalue weighted by Gasteiger charge is -2.31. The zero-order valence-electron chi connectivity index (χ0n) is 20.2. The topological polar surface area (TPSA) is 87.5 Å². The number of alkyl halides is 2.